The molecule has 0 saturated heterocycles. The summed E-state index contributed by atoms with van der Waals surface area (Å²) >= 11 is 0. The number of rotatable bonds is 36. The minimum Gasteiger partial charge on any atom is -0.756 e. The van der Waals surface area contributed by atoms with Crippen molar-refractivity contribution in [3.8, 4) is 0 Å². The molecule has 0 amide bonds. The molecule has 61 heavy (non-hydrogen) atoms. The van der Waals surface area contributed by atoms with Crippen LogP contribution in [-0.2, 0) is 37.5 Å². The van der Waals surface area contributed by atoms with E-state index in [9.17, 15) is 34.1 Å². The zero-order valence-corrected chi connectivity index (χ0v) is 38.9. The van der Waals surface area contributed by atoms with Crippen molar-refractivity contribution in [1.29, 1.82) is 0 Å². The van der Waals surface area contributed by atoms with E-state index in [1.165, 1.54) is 19.3 Å². The zero-order chi connectivity index (χ0) is 45.2. The molecule has 0 heterocycles. The number of phosphoric ester groups is 1. The van der Waals surface area contributed by atoms with Gasteiger partial charge >= 0.3 is 11.9 Å². The van der Waals surface area contributed by atoms with Crippen molar-refractivity contribution < 1.29 is 57.1 Å². The van der Waals surface area contributed by atoms with E-state index in [4.69, 9.17) is 18.5 Å². The molecule has 0 spiro atoms. The Morgan fingerprint density at radius 3 is 1.95 bits per heavy atom. The zero-order valence-electron chi connectivity index (χ0n) is 38.0. The van der Waals surface area contributed by atoms with Gasteiger partial charge in [-0.05, 0) is 70.6 Å². The number of aliphatic hydroxyl groups excluding tert-OH is 2. The first-order valence-electron chi connectivity index (χ1n) is 22.7. The van der Waals surface area contributed by atoms with Gasteiger partial charge in [0.25, 0.3) is 7.82 Å². The summed E-state index contributed by atoms with van der Waals surface area (Å²) in [6, 6.07) is 0. The van der Waals surface area contributed by atoms with Crippen LogP contribution in [0.4, 0.5) is 0 Å². The average molecular weight is 878 g/mol. The Hall–Kier alpha value is -2.96. The van der Waals surface area contributed by atoms with Gasteiger partial charge in [0.2, 0.25) is 0 Å². The molecule has 6 atom stereocenters. The normalized spacial score (nSPS) is 19.7. The first-order chi connectivity index (χ1) is 29.2. The van der Waals surface area contributed by atoms with E-state index < -0.39 is 50.6 Å². The van der Waals surface area contributed by atoms with Crippen molar-refractivity contribution in [2.24, 2.45) is 11.8 Å². The van der Waals surface area contributed by atoms with Crippen LogP contribution in [0.25, 0.3) is 0 Å². The number of aliphatic hydroxyl groups is 2. The fourth-order valence-electron chi connectivity index (χ4n) is 6.39. The fourth-order valence-corrected chi connectivity index (χ4v) is 7.12. The number of Topliss-reactive ketones (excluding diaryl/α,β-unsaturated/α-hetero) is 1. The van der Waals surface area contributed by atoms with Crippen molar-refractivity contribution in [3.05, 3.63) is 72.9 Å². The molecule has 1 unspecified atom stereocenters. The quantitative estimate of drug-likeness (QED) is 0.0203. The molecule has 0 bridgehead atoms. The maximum Gasteiger partial charge on any atom is 0.306 e. The van der Waals surface area contributed by atoms with E-state index in [1.807, 2.05) is 39.4 Å². The molecule has 12 nitrogen and oxygen atoms in total. The van der Waals surface area contributed by atoms with Crippen LogP contribution in [0.3, 0.4) is 0 Å². The summed E-state index contributed by atoms with van der Waals surface area (Å²) in [6.45, 7) is 3.69. The fraction of sp³-hybridized carbons (Fsp3) is 0.688. The van der Waals surface area contributed by atoms with Gasteiger partial charge in [-0.25, -0.2) is 0 Å². The van der Waals surface area contributed by atoms with Gasteiger partial charge < -0.3 is 38.1 Å². The second-order valence-electron chi connectivity index (χ2n) is 16.8. The molecule has 348 valence electrons. The lowest BCUT2D eigenvalue weighted by atomic mass is 9.90. The van der Waals surface area contributed by atoms with Gasteiger partial charge in [-0.15, -0.1) is 0 Å². The van der Waals surface area contributed by atoms with E-state index in [2.05, 4.69) is 56.4 Å². The number of carbonyl (C=O) groups is 3. The molecule has 0 aliphatic heterocycles. The second kappa shape index (κ2) is 34.5. The molecular formula is C48H80NO11P. The molecule has 0 aromatic heterocycles. The third-order valence-electron chi connectivity index (χ3n) is 10.1. The number of nitrogens with zero attached hydrogens (tertiary/aromatic N) is 1. The molecule has 1 aliphatic carbocycles. The van der Waals surface area contributed by atoms with Crippen molar-refractivity contribution in [1.82, 2.24) is 0 Å². The predicted molar refractivity (Wildman–Crippen MR) is 241 cm³/mol. The van der Waals surface area contributed by atoms with Crippen LogP contribution in [0.2, 0.25) is 0 Å². The number of unbranched alkanes of at least 4 members (excludes halogenated alkanes) is 7. The second-order valence-corrected chi connectivity index (χ2v) is 18.3. The number of quaternary nitrogens is 1. The monoisotopic (exact) mass is 878 g/mol. The average Bonchev–Trinajstić information content (AvgIpc) is 3.47. The van der Waals surface area contributed by atoms with Gasteiger partial charge in [-0.1, -0.05) is 119 Å². The van der Waals surface area contributed by atoms with Gasteiger partial charge in [0, 0.05) is 31.1 Å². The third-order valence-corrected chi connectivity index (χ3v) is 11.0. The Balaban J connectivity index is 2.55. The first kappa shape index (κ1) is 56.1. The van der Waals surface area contributed by atoms with Gasteiger partial charge in [0.1, 0.15) is 25.5 Å². The molecule has 1 rings (SSSR count). The predicted octanol–water partition coefficient (Wildman–Crippen LogP) is 8.98. The Morgan fingerprint density at radius 2 is 1.34 bits per heavy atom. The van der Waals surface area contributed by atoms with Gasteiger partial charge in [0.05, 0.1) is 40.0 Å². The van der Waals surface area contributed by atoms with E-state index in [0.29, 0.717) is 49.6 Å². The molecule has 1 saturated carbocycles. The highest BCUT2D eigenvalue weighted by atomic mass is 31.2. The Labute approximate surface area is 368 Å². The highest BCUT2D eigenvalue weighted by Crippen LogP contribution is 2.38. The number of hydrogen-bond donors (Lipinski definition) is 2. The van der Waals surface area contributed by atoms with Gasteiger partial charge in [0.15, 0.2) is 6.10 Å². The topological polar surface area (TPSA) is 169 Å². The summed E-state index contributed by atoms with van der Waals surface area (Å²) in [4.78, 5) is 50.3. The lowest BCUT2D eigenvalue weighted by Gasteiger charge is -2.28. The molecule has 0 aromatic carbocycles. The summed E-state index contributed by atoms with van der Waals surface area (Å²) in [7, 11) is 0.961. The summed E-state index contributed by atoms with van der Waals surface area (Å²) in [5.74, 6) is -1.89. The van der Waals surface area contributed by atoms with Crippen LogP contribution in [-0.4, -0.2) is 98.2 Å². The van der Waals surface area contributed by atoms with Crippen LogP contribution in [0.5, 0.6) is 0 Å². The number of carbonyl (C=O) groups excluding carboxylic acids is 3. The van der Waals surface area contributed by atoms with Gasteiger partial charge in [-0.2, -0.15) is 0 Å². The van der Waals surface area contributed by atoms with Crippen LogP contribution >= 0.6 is 7.82 Å². The maximum absolute atomic E-state index is 12.8. The third kappa shape index (κ3) is 31.5. The van der Waals surface area contributed by atoms with Crippen molar-refractivity contribution in [2.45, 2.75) is 154 Å². The largest absolute Gasteiger partial charge is 0.756 e. The molecule has 13 heteroatoms. The SMILES string of the molecule is CCCCC/C=C\C/C=C\C/C=C\C/C=C\CCCC(=O)OC[C@H](COP(=O)([O-])OCC[N+](C)(C)C)OC(=O)CCC/C=C\C[C@H]1[C@@H](O)CC(=O)[C@@H]1/C=C/[C@@H](O)CCCCC. The minimum absolute atomic E-state index is 0.0186. The maximum atomic E-state index is 12.8. The number of likely N-dealkylation sites (N-methyl/N-ethyl adjacent to an activating group) is 1. The number of phosphoric acid groups is 1. The van der Waals surface area contributed by atoms with E-state index in [-0.39, 0.29) is 44.2 Å². The minimum atomic E-state index is -4.72. The Kier molecular flexibility index (Phi) is 31.7. The molecular weight excluding hydrogens is 797 g/mol. The van der Waals surface area contributed by atoms with Crippen LogP contribution < -0.4 is 4.89 Å². The summed E-state index contributed by atoms with van der Waals surface area (Å²) in [5.41, 5.74) is 0. The molecule has 2 N–H and O–H groups in total. The Morgan fingerprint density at radius 1 is 0.787 bits per heavy atom. The van der Waals surface area contributed by atoms with Crippen LogP contribution in [0.15, 0.2) is 72.9 Å². The lowest BCUT2D eigenvalue weighted by Crippen LogP contribution is -2.37. The standard InChI is InChI=1S/C48H80NO11P/c1-6-8-10-11-12-13-14-15-16-17-18-19-20-21-22-23-28-32-47(53)57-39-42(40-59-61(55,56)58-37-36-49(3,4)5)60-48(54)33-29-25-24-27-31-43-44(46(52)38-45(43)51)35-34-41(50)30-26-9-7-2/h12-13,15-16,18-19,21-22,24,27,34-35,41-45,50-51H,6-11,14,17,20,23,25-26,28-33,36-40H2,1-5H3/b13-12-,16-15-,19-18-,22-21-,27-24-,35-34+/t41-,42+,43+,44+,45-/m0/s1. The van der Waals surface area contributed by atoms with E-state index in [0.717, 1.165) is 44.9 Å². The number of ether oxygens (including phenoxy) is 2. The smallest absolute Gasteiger partial charge is 0.306 e. The summed E-state index contributed by atoms with van der Waals surface area (Å²) < 4.78 is 33.8. The number of allylic oxidation sites excluding steroid dienone is 11. The highest BCUT2D eigenvalue weighted by molar-refractivity contribution is 7.45. The van der Waals surface area contributed by atoms with Crippen molar-refractivity contribution in [2.75, 3.05) is 47.5 Å². The van der Waals surface area contributed by atoms with E-state index >= 15 is 0 Å². The first-order valence-corrected chi connectivity index (χ1v) is 24.2. The van der Waals surface area contributed by atoms with E-state index in [1.54, 1.807) is 12.2 Å². The molecule has 1 aliphatic rings. The number of hydrogen-bond acceptors (Lipinski definition) is 11. The molecule has 0 radical (unpaired) electrons. The molecule has 0 aromatic rings. The summed E-state index contributed by atoms with van der Waals surface area (Å²) in [6.07, 6.45) is 35.9. The number of esters is 2. The molecule has 1 fully saturated rings. The van der Waals surface area contributed by atoms with Crippen LogP contribution in [0.1, 0.15) is 136 Å². The van der Waals surface area contributed by atoms with Gasteiger partial charge in [-0.3, -0.25) is 18.9 Å². The number of ketones is 1. The Bertz CT molecular complexity index is 1430. The van der Waals surface area contributed by atoms with Crippen LogP contribution in [0, 0.1) is 11.8 Å². The van der Waals surface area contributed by atoms with Crippen molar-refractivity contribution >= 4 is 25.5 Å². The summed E-state index contributed by atoms with van der Waals surface area (Å²) in [5, 5.41) is 20.8. The lowest BCUT2D eigenvalue weighted by molar-refractivity contribution is -0.870. The van der Waals surface area contributed by atoms with Crippen molar-refractivity contribution in [3.63, 3.8) is 0 Å². The highest BCUT2D eigenvalue weighted by Gasteiger charge is 2.39.